The average molecular weight is 506 g/mol. The van der Waals surface area contributed by atoms with Gasteiger partial charge in [0.2, 0.25) is 0 Å². The Morgan fingerprint density at radius 1 is 1.37 bits per heavy atom. The zero-order valence-corrected chi connectivity index (χ0v) is 20.6. The summed E-state index contributed by atoms with van der Waals surface area (Å²) in [6, 6.07) is 2.04. The molecule has 2 N–H and O–H groups in total. The molecule has 1 saturated carbocycles. The smallest absolute Gasteiger partial charge is 0.191 e. The number of likely N-dealkylation sites (tertiary alicyclic amines) is 1. The minimum atomic E-state index is 0. The van der Waals surface area contributed by atoms with Crippen molar-refractivity contribution in [3.63, 3.8) is 0 Å². The van der Waals surface area contributed by atoms with Gasteiger partial charge >= 0.3 is 0 Å². The van der Waals surface area contributed by atoms with E-state index in [0.29, 0.717) is 12.1 Å². The summed E-state index contributed by atoms with van der Waals surface area (Å²) in [5, 5.41) is 10.4. The molecule has 5 nitrogen and oxygen atoms in total. The van der Waals surface area contributed by atoms with Crippen LogP contribution in [0.4, 0.5) is 0 Å². The molecule has 0 bridgehead atoms. The van der Waals surface area contributed by atoms with Crippen LogP contribution in [0.3, 0.4) is 0 Å². The first kappa shape index (κ1) is 22.9. The number of halogens is 1. The molecule has 2 atom stereocenters. The third-order valence-electron chi connectivity index (χ3n) is 5.24. The number of nitrogens with one attached hydrogen (secondary N) is 2. The Morgan fingerprint density at radius 3 is 2.70 bits per heavy atom. The number of hydrogen-bond donors (Lipinski definition) is 2. The maximum atomic E-state index is 4.80. The van der Waals surface area contributed by atoms with E-state index in [-0.39, 0.29) is 29.4 Å². The fourth-order valence-corrected chi connectivity index (χ4v) is 4.64. The van der Waals surface area contributed by atoms with Gasteiger partial charge in [-0.2, -0.15) is 0 Å². The van der Waals surface area contributed by atoms with Crippen molar-refractivity contribution in [1.29, 1.82) is 0 Å². The van der Waals surface area contributed by atoms with Crippen molar-refractivity contribution in [2.24, 2.45) is 4.99 Å². The van der Waals surface area contributed by atoms with E-state index in [1.807, 2.05) is 0 Å². The predicted molar refractivity (Wildman–Crippen MR) is 127 cm³/mol. The summed E-state index contributed by atoms with van der Waals surface area (Å²) >= 11 is 1.76. The van der Waals surface area contributed by atoms with Crippen molar-refractivity contribution >= 4 is 41.3 Å². The van der Waals surface area contributed by atoms with Crippen LogP contribution in [-0.4, -0.2) is 53.6 Å². The van der Waals surface area contributed by atoms with Crippen LogP contribution in [0.15, 0.2) is 10.4 Å². The van der Waals surface area contributed by atoms with Crippen LogP contribution in [0.1, 0.15) is 64.6 Å². The Morgan fingerprint density at radius 2 is 2.11 bits per heavy atom. The molecule has 0 radical (unpaired) electrons. The first-order valence-electron chi connectivity index (χ1n) is 10.1. The largest absolute Gasteiger partial charge is 0.357 e. The minimum Gasteiger partial charge on any atom is -0.357 e. The zero-order chi connectivity index (χ0) is 18.7. The van der Waals surface area contributed by atoms with Crippen molar-refractivity contribution in [1.82, 2.24) is 20.5 Å². The molecule has 2 fully saturated rings. The van der Waals surface area contributed by atoms with E-state index in [0.717, 1.165) is 38.1 Å². The van der Waals surface area contributed by atoms with Gasteiger partial charge in [0.25, 0.3) is 0 Å². The number of rotatable bonds is 6. The van der Waals surface area contributed by atoms with Crippen molar-refractivity contribution < 1.29 is 0 Å². The lowest BCUT2D eigenvalue weighted by molar-refractivity contribution is 0.256. The predicted octanol–water partition coefficient (Wildman–Crippen LogP) is 3.78. The average Bonchev–Trinajstić information content (AvgIpc) is 3.16. The normalized spacial score (nSPS) is 24.0. The van der Waals surface area contributed by atoms with Crippen LogP contribution in [0.5, 0.6) is 0 Å². The third kappa shape index (κ3) is 6.56. The number of thiazole rings is 1. The minimum absolute atomic E-state index is 0. The van der Waals surface area contributed by atoms with Gasteiger partial charge in [-0.25, -0.2) is 4.98 Å². The second-order valence-electron chi connectivity index (χ2n) is 8.74. The van der Waals surface area contributed by atoms with E-state index >= 15 is 0 Å². The van der Waals surface area contributed by atoms with Crippen LogP contribution in [0.25, 0.3) is 0 Å². The van der Waals surface area contributed by atoms with Gasteiger partial charge in [0, 0.05) is 55.0 Å². The molecule has 1 aromatic rings. The van der Waals surface area contributed by atoms with Crippen molar-refractivity contribution in [2.45, 2.75) is 83.8 Å². The van der Waals surface area contributed by atoms with Gasteiger partial charge < -0.3 is 10.6 Å². The van der Waals surface area contributed by atoms with E-state index in [9.17, 15) is 0 Å². The van der Waals surface area contributed by atoms with Gasteiger partial charge in [0.05, 0.1) is 10.7 Å². The summed E-state index contributed by atoms with van der Waals surface area (Å²) in [6.45, 7) is 13.9. The summed E-state index contributed by atoms with van der Waals surface area (Å²) in [6.07, 6.45) is 4.89. The number of guanidine groups is 1. The number of aromatic nitrogens is 1. The lowest BCUT2D eigenvalue weighted by atomic mass is 9.93. The van der Waals surface area contributed by atoms with E-state index < -0.39 is 0 Å². The standard InChI is InChI=1S/C20H35N5S.HI/c1-6-21-19(23-15-11-14(2)25(12-15)16-7-8-16)22-10-9-18-24-17(13-26-18)20(3,4)5;/h13-16H,6-12H2,1-5H3,(H2,21,22,23);1H. The highest BCUT2D eigenvalue weighted by Gasteiger charge is 2.38. The number of hydrogen-bond acceptors (Lipinski definition) is 4. The van der Waals surface area contributed by atoms with Crippen LogP contribution < -0.4 is 10.6 Å². The first-order chi connectivity index (χ1) is 12.4. The topological polar surface area (TPSA) is 52.6 Å². The van der Waals surface area contributed by atoms with E-state index in [1.54, 1.807) is 11.3 Å². The maximum absolute atomic E-state index is 4.80. The number of nitrogens with zero attached hydrogens (tertiary/aromatic N) is 3. The van der Waals surface area contributed by atoms with E-state index in [2.05, 4.69) is 55.5 Å². The van der Waals surface area contributed by atoms with Crippen LogP contribution >= 0.6 is 35.3 Å². The van der Waals surface area contributed by atoms with Crippen molar-refractivity contribution in [3.8, 4) is 0 Å². The number of aliphatic imine (C=N–C) groups is 1. The molecule has 1 aromatic heterocycles. The highest BCUT2D eigenvalue weighted by atomic mass is 127. The van der Waals surface area contributed by atoms with Crippen LogP contribution in [-0.2, 0) is 11.8 Å². The molecule has 7 heteroatoms. The van der Waals surface area contributed by atoms with Gasteiger partial charge in [-0.05, 0) is 33.1 Å². The first-order valence-corrected chi connectivity index (χ1v) is 11.0. The van der Waals surface area contributed by atoms with E-state index in [1.165, 1.54) is 30.0 Å². The molecular formula is C20H36IN5S. The SMILES string of the molecule is CCNC(=NCCc1nc(C(C)(C)C)cs1)NC1CC(C)N(C2CC2)C1.I. The van der Waals surface area contributed by atoms with Gasteiger partial charge in [0.15, 0.2) is 5.96 Å². The Labute approximate surface area is 185 Å². The monoisotopic (exact) mass is 505 g/mol. The molecule has 2 heterocycles. The fourth-order valence-electron chi connectivity index (χ4n) is 3.62. The lowest BCUT2D eigenvalue weighted by Crippen LogP contribution is -2.44. The van der Waals surface area contributed by atoms with E-state index in [4.69, 9.17) is 9.98 Å². The molecule has 1 saturated heterocycles. The molecule has 27 heavy (non-hydrogen) atoms. The molecule has 0 amide bonds. The quantitative estimate of drug-likeness (QED) is 0.351. The van der Waals surface area contributed by atoms with Gasteiger partial charge in [0.1, 0.15) is 0 Å². The molecular weight excluding hydrogens is 469 g/mol. The Balaban J connectivity index is 0.00000261. The highest BCUT2D eigenvalue weighted by Crippen LogP contribution is 2.33. The summed E-state index contributed by atoms with van der Waals surface area (Å²) in [5.41, 5.74) is 1.31. The Hall–Kier alpha value is -0.410. The van der Waals surface area contributed by atoms with Crippen LogP contribution in [0, 0.1) is 0 Å². The molecule has 1 aliphatic heterocycles. The molecule has 0 aromatic carbocycles. The highest BCUT2D eigenvalue weighted by molar-refractivity contribution is 14.0. The second kappa shape index (κ2) is 9.87. The molecule has 1 aliphatic carbocycles. The summed E-state index contributed by atoms with van der Waals surface area (Å²) in [4.78, 5) is 12.2. The molecule has 2 unspecified atom stereocenters. The zero-order valence-electron chi connectivity index (χ0n) is 17.4. The maximum Gasteiger partial charge on any atom is 0.191 e. The fraction of sp³-hybridized carbons (Fsp3) is 0.800. The summed E-state index contributed by atoms with van der Waals surface area (Å²) in [7, 11) is 0. The molecule has 154 valence electrons. The molecule has 3 rings (SSSR count). The van der Waals surface area contributed by atoms with Gasteiger partial charge in [-0.3, -0.25) is 9.89 Å². The van der Waals surface area contributed by atoms with Crippen molar-refractivity contribution in [2.75, 3.05) is 19.6 Å². The second-order valence-corrected chi connectivity index (χ2v) is 9.68. The van der Waals surface area contributed by atoms with Crippen molar-refractivity contribution in [3.05, 3.63) is 16.1 Å². The lowest BCUT2D eigenvalue weighted by Gasteiger charge is -2.20. The Kier molecular flexibility index (Phi) is 8.36. The summed E-state index contributed by atoms with van der Waals surface area (Å²) in [5.74, 6) is 0.954. The molecule has 0 spiro atoms. The summed E-state index contributed by atoms with van der Waals surface area (Å²) < 4.78 is 0. The van der Waals surface area contributed by atoms with Crippen LogP contribution in [0.2, 0.25) is 0 Å². The van der Waals surface area contributed by atoms with Gasteiger partial charge in [-0.15, -0.1) is 35.3 Å². The molecule has 2 aliphatic rings. The Bertz CT molecular complexity index is 620. The third-order valence-corrected chi connectivity index (χ3v) is 6.15. The van der Waals surface area contributed by atoms with Gasteiger partial charge in [-0.1, -0.05) is 20.8 Å².